The van der Waals surface area contributed by atoms with Gasteiger partial charge in [0.1, 0.15) is 0 Å². The molecule has 4 nitrogen and oxygen atoms in total. The highest BCUT2D eigenvalue weighted by Gasteiger charge is 2.22. The van der Waals surface area contributed by atoms with Crippen molar-refractivity contribution < 1.29 is 14.6 Å². The Bertz CT molecular complexity index is 459. The number of methoxy groups -OCH3 is 2. The fraction of sp³-hybridized carbons (Fsp3) is 0.625. The van der Waals surface area contributed by atoms with E-state index < -0.39 is 0 Å². The Labute approximate surface area is 121 Å². The van der Waals surface area contributed by atoms with E-state index in [1.165, 1.54) is 11.1 Å². The van der Waals surface area contributed by atoms with Crippen LogP contribution in [0.15, 0.2) is 12.1 Å². The van der Waals surface area contributed by atoms with Crippen molar-refractivity contribution in [1.29, 1.82) is 0 Å². The number of nitrogens with zero attached hydrogens (tertiary/aromatic N) is 1. The summed E-state index contributed by atoms with van der Waals surface area (Å²) in [6.45, 7) is 6.67. The lowest BCUT2D eigenvalue weighted by molar-refractivity contribution is 0.0709. The largest absolute Gasteiger partial charge is 0.493 e. The Hall–Kier alpha value is -1.26. The summed E-state index contributed by atoms with van der Waals surface area (Å²) in [4.78, 5) is 2.30. The third-order valence-electron chi connectivity index (χ3n) is 4.01. The number of ether oxygens (including phenoxy) is 2. The van der Waals surface area contributed by atoms with E-state index in [1.54, 1.807) is 14.2 Å². The number of rotatable bonds is 5. The molecule has 0 saturated heterocycles. The highest BCUT2D eigenvalue weighted by Crippen LogP contribution is 2.33. The van der Waals surface area contributed by atoms with Gasteiger partial charge in [0.25, 0.3) is 0 Å². The van der Waals surface area contributed by atoms with Crippen LogP contribution in [-0.2, 0) is 13.0 Å². The number of hydrogen-bond donors (Lipinski definition) is 1. The molecule has 0 spiro atoms. The van der Waals surface area contributed by atoms with Gasteiger partial charge in [-0.1, -0.05) is 13.8 Å². The van der Waals surface area contributed by atoms with Gasteiger partial charge >= 0.3 is 0 Å². The molecular weight excluding hydrogens is 254 g/mol. The first-order valence-corrected chi connectivity index (χ1v) is 7.19. The first-order valence-electron chi connectivity index (χ1n) is 7.19. The van der Waals surface area contributed by atoms with Gasteiger partial charge in [0, 0.05) is 19.6 Å². The molecule has 0 amide bonds. The molecular formula is C16H25NO3. The van der Waals surface area contributed by atoms with Crippen LogP contribution in [0.3, 0.4) is 0 Å². The molecule has 20 heavy (non-hydrogen) atoms. The Morgan fingerprint density at radius 1 is 1.15 bits per heavy atom. The molecule has 0 bridgehead atoms. The van der Waals surface area contributed by atoms with Crippen molar-refractivity contribution in [1.82, 2.24) is 4.90 Å². The van der Waals surface area contributed by atoms with E-state index in [0.29, 0.717) is 5.92 Å². The van der Waals surface area contributed by atoms with E-state index in [4.69, 9.17) is 9.47 Å². The molecule has 1 N–H and O–H groups in total. The molecule has 0 aliphatic carbocycles. The third-order valence-corrected chi connectivity index (χ3v) is 4.01. The molecule has 0 saturated carbocycles. The predicted molar refractivity (Wildman–Crippen MR) is 79.4 cm³/mol. The van der Waals surface area contributed by atoms with E-state index in [0.717, 1.165) is 37.6 Å². The van der Waals surface area contributed by atoms with Crippen molar-refractivity contribution in [3.8, 4) is 11.5 Å². The smallest absolute Gasteiger partial charge is 0.161 e. The number of fused-ring (bicyclic) bond motifs is 1. The minimum atomic E-state index is -0.267. The van der Waals surface area contributed by atoms with E-state index in [-0.39, 0.29) is 6.10 Å². The molecule has 2 rings (SSSR count). The number of aliphatic hydroxyl groups is 1. The van der Waals surface area contributed by atoms with Crippen LogP contribution in [0.25, 0.3) is 0 Å². The van der Waals surface area contributed by atoms with Crippen LogP contribution in [-0.4, -0.2) is 43.4 Å². The monoisotopic (exact) mass is 279 g/mol. The van der Waals surface area contributed by atoms with Gasteiger partial charge in [0.15, 0.2) is 11.5 Å². The average Bonchev–Trinajstić information content (AvgIpc) is 2.45. The maximum atomic E-state index is 10.0. The van der Waals surface area contributed by atoms with Crippen LogP contribution in [0.4, 0.5) is 0 Å². The molecule has 1 atom stereocenters. The Morgan fingerprint density at radius 2 is 1.75 bits per heavy atom. The highest BCUT2D eigenvalue weighted by atomic mass is 16.5. The Kier molecular flexibility index (Phi) is 4.89. The van der Waals surface area contributed by atoms with Crippen molar-refractivity contribution in [2.45, 2.75) is 32.9 Å². The summed E-state index contributed by atoms with van der Waals surface area (Å²) in [5, 5.41) is 10.0. The van der Waals surface area contributed by atoms with E-state index in [2.05, 4.69) is 30.9 Å². The topological polar surface area (TPSA) is 41.9 Å². The van der Waals surface area contributed by atoms with Crippen molar-refractivity contribution in [3.63, 3.8) is 0 Å². The lowest BCUT2D eigenvalue weighted by Gasteiger charge is -2.31. The second-order valence-electron chi connectivity index (χ2n) is 5.77. The summed E-state index contributed by atoms with van der Waals surface area (Å²) in [6, 6.07) is 4.13. The lowest BCUT2D eigenvalue weighted by atomic mass is 9.97. The molecule has 1 heterocycles. The molecule has 4 heteroatoms. The summed E-state index contributed by atoms with van der Waals surface area (Å²) < 4.78 is 10.7. The van der Waals surface area contributed by atoms with Crippen LogP contribution in [0.5, 0.6) is 11.5 Å². The molecule has 1 aromatic carbocycles. The number of β-amino-alcohol motifs (C(OH)–C–C–N with tert-alkyl or cyclic N) is 1. The second-order valence-corrected chi connectivity index (χ2v) is 5.77. The summed E-state index contributed by atoms with van der Waals surface area (Å²) in [6.07, 6.45) is 0.720. The number of benzene rings is 1. The zero-order valence-corrected chi connectivity index (χ0v) is 12.8. The van der Waals surface area contributed by atoms with Gasteiger partial charge in [-0.05, 0) is 35.6 Å². The van der Waals surface area contributed by atoms with Crippen molar-refractivity contribution >= 4 is 0 Å². The maximum Gasteiger partial charge on any atom is 0.161 e. The van der Waals surface area contributed by atoms with Crippen LogP contribution < -0.4 is 9.47 Å². The number of aliphatic hydroxyl groups excluding tert-OH is 1. The van der Waals surface area contributed by atoms with Gasteiger partial charge < -0.3 is 14.6 Å². The summed E-state index contributed by atoms with van der Waals surface area (Å²) in [7, 11) is 3.33. The lowest BCUT2D eigenvalue weighted by Crippen LogP contribution is -2.38. The molecule has 112 valence electrons. The van der Waals surface area contributed by atoms with Crippen LogP contribution in [0.1, 0.15) is 25.0 Å². The van der Waals surface area contributed by atoms with Crippen molar-refractivity contribution in [2.24, 2.45) is 5.92 Å². The molecule has 0 aromatic heterocycles. The molecule has 1 aliphatic rings. The van der Waals surface area contributed by atoms with Gasteiger partial charge in [-0.3, -0.25) is 4.90 Å². The minimum absolute atomic E-state index is 0.267. The van der Waals surface area contributed by atoms with E-state index in [1.807, 2.05) is 0 Å². The summed E-state index contributed by atoms with van der Waals surface area (Å²) >= 11 is 0. The molecule has 1 aliphatic heterocycles. The normalized spacial score (nSPS) is 16.9. The quantitative estimate of drug-likeness (QED) is 0.896. The maximum absolute atomic E-state index is 10.0. The second kappa shape index (κ2) is 6.46. The van der Waals surface area contributed by atoms with E-state index >= 15 is 0 Å². The standard InChI is InChI=1S/C16H25NO3/c1-11(2)14(18)10-17-6-5-12-7-15(19-3)16(20-4)8-13(12)9-17/h7-8,11,14,18H,5-6,9-10H2,1-4H3. The first kappa shape index (κ1) is 15.1. The van der Waals surface area contributed by atoms with Crippen molar-refractivity contribution in [3.05, 3.63) is 23.3 Å². The van der Waals surface area contributed by atoms with Crippen molar-refractivity contribution in [2.75, 3.05) is 27.3 Å². The van der Waals surface area contributed by atoms with Gasteiger partial charge in [0.2, 0.25) is 0 Å². The fourth-order valence-corrected chi connectivity index (χ4v) is 2.57. The zero-order chi connectivity index (χ0) is 14.7. The average molecular weight is 279 g/mol. The van der Waals surface area contributed by atoms with Gasteiger partial charge in [-0.15, -0.1) is 0 Å². The third kappa shape index (κ3) is 3.25. The van der Waals surface area contributed by atoms with Gasteiger partial charge in [-0.2, -0.15) is 0 Å². The Morgan fingerprint density at radius 3 is 2.30 bits per heavy atom. The molecule has 1 unspecified atom stereocenters. The SMILES string of the molecule is COc1cc2c(cc1OC)CN(CC(O)C(C)C)CC2. The molecule has 1 aromatic rings. The first-order chi connectivity index (χ1) is 9.55. The molecule has 0 radical (unpaired) electrons. The molecule has 0 fully saturated rings. The predicted octanol–water partition coefficient (Wildman–Crippen LogP) is 2.08. The zero-order valence-electron chi connectivity index (χ0n) is 12.8. The summed E-state index contributed by atoms with van der Waals surface area (Å²) in [5.74, 6) is 1.86. The van der Waals surface area contributed by atoms with Crippen LogP contribution in [0, 0.1) is 5.92 Å². The van der Waals surface area contributed by atoms with Crippen LogP contribution >= 0.6 is 0 Å². The number of hydrogen-bond acceptors (Lipinski definition) is 4. The van der Waals surface area contributed by atoms with Gasteiger partial charge in [-0.25, -0.2) is 0 Å². The van der Waals surface area contributed by atoms with Gasteiger partial charge in [0.05, 0.1) is 20.3 Å². The van der Waals surface area contributed by atoms with E-state index in [9.17, 15) is 5.11 Å². The highest BCUT2D eigenvalue weighted by molar-refractivity contribution is 5.48. The Balaban J connectivity index is 2.13. The fourth-order valence-electron chi connectivity index (χ4n) is 2.57. The van der Waals surface area contributed by atoms with Crippen LogP contribution in [0.2, 0.25) is 0 Å². The summed E-state index contributed by atoms with van der Waals surface area (Å²) in [5.41, 5.74) is 2.59. The minimum Gasteiger partial charge on any atom is -0.493 e.